The summed E-state index contributed by atoms with van der Waals surface area (Å²) in [6, 6.07) is 5.34. The van der Waals surface area contributed by atoms with Gasteiger partial charge in [-0.3, -0.25) is 0 Å². The largest absolute Gasteiger partial charge is 0.489 e. The predicted octanol–water partition coefficient (Wildman–Crippen LogP) is 2.86. The maximum atomic E-state index is 8.99. The first-order valence-electron chi connectivity index (χ1n) is 3.85. The Morgan fingerprint density at radius 3 is 2.92 bits per heavy atom. The smallest absolute Gasteiger partial charge is 0.139 e. The molecule has 0 aliphatic rings. The summed E-state index contributed by atoms with van der Waals surface area (Å²) < 4.78 is 6.17. The van der Waals surface area contributed by atoms with Gasteiger partial charge in [0, 0.05) is 4.47 Å². The standard InChI is InChI=1S/C9H10BrClO2/c1-6(12)5-13-9-4-7(10)2-3-8(9)11/h2-4,6,12H,5H2,1H3. The van der Waals surface area contributed by atoms with E-state index in [9.17, 15) is 0 Å². The molecule has 0 radical (unpaired) electrons. The Morgan fingerprint density at radius 1 is 1.62 bits per heavy atom. The van der Waals surface area contributed by atoms with E-state index in [1.54, 1.807) is 19.1 Å². The maximum absolute atomic E-state index is 8.99. The summed E-state index contributed by atoms with van der Waals surface area (Å²) >= 11 is 9.15. The first kappa shape index (κ1) is 10.8. The van der Waals surface area contributed by atoms with Crippen LogP contribution in [0.2, 0.25) is 5.02 Å². The highest BCUT2D eigenvalue weighted by atomic mass is 79.9. The molecule has 0 spiro atoms. The maximum Gasteiger partial charge on any atom is 0.139 e. The zero-order valence-electron chi connectivity index (χ0n) is 7.13. The molecule has 1 aromatic carbocycles. The van der Waals surface area contributed by atoms with Gasteiger partial charge in [0.2, 0.25) is 0 Å². The van der Waals surface area contributed by atoms with Crippen molar-refractivity contribution in [2.45, 2.75) is 13.0 Å². The summed E-state index contributed by atoms with van der Waals surface area (Å²) in [5, 5.41) is 9.54. The molecule has 0 fully saturated rings. The predicted molar refractivity (Wildman–Crippen MR) is 56.3 cm³/mol. The Morgan fingerprint density at radius 2 is 2.31 bits per heavy atom. The Labute approximate surface area is 90.6 Å². The van der Waals surface area contributed by atoms with Crippen LogP contribution in [0.15, 0.2) is 22.7 Å². The van der Waals surface area contributed by atoms with Gasteiger partial charge < -0.3 is 9.84 Å². The fraction of sp³-hybridized carbons (Fsp3) is 0.333. The van der Waals surface area contributed by atoms with Gasteiger partial charge >= 0.3 is 0 Å². The molecule has 0 aromatic heterocycles. The SMILES string of the molecule is CC(O)COc1cc(Br)ccc1Cl. The third-order valence-electron chi connectivity index (χ3n) is 1.37. The molecule has 0 heterocycles. The lowest BCUT2D eigenvalue weighted by atomic mass is 10.3. The molecule has 0 aliphatic carbocycles. The summed E-state index contributed by atoms with van der Waals surface area (Å²) in [5.41, 5.74) is 0. The van der Waals surface area contributed by atoms with Crippen molar-refractivity contribution in [3.63, 3.8) is 0 Å². The van der Waals surface area contributed by atoms with E-state index in [0.29, 0.717) is 10.8 Å². The highest BCUT2D eigenvalue weighted by Gasteiger charge is 2.03. The van der Waals surface area contributed by atoms with E-state index in [2.05, 4.69) is 15.9 Å². The topological polar surface area (TPSA) is 29.5 Å². The van der Waals surface area contributed by atoms with E-state index in [0.717, 1.165) is 4.47 Å². The van der Waals surface area contributed by atoms with Crippen LogP contribution in [0.3, 0.4) is 0 Å². The Bertz CT molecular complexity index is 289. The summed E-state index contributed by atoms with van der Waals surface area (Å²) in [4.78, 5) is 0. The molecule has 72 valence electrons. The monoisotopic (exact) mass is 264 g/mol. The molecule has 0 saturated carbocycles. The molecule has 0 bridgehead atoms. The molecular formula is C9H10BrClO2. The van der Waals surface area contributed by atoms with Crippen molar-refractivity contribution in [2.75, 3.05) is 6.61 Å². The second kappa shape index (κ2) is 4.84. The average Bonchev–Trinajstić information content (AvgIpc) is 2.06. The summed E-state index contributed by atoms with van der Waals surface area (Å²) in [6.07, 6.45) is -0.491. The van der Waals surface area contributed by atoms with E-state index >= 15 is 0 Å². The first-order valence-corrected chi connectivity index (χ1v) is 5.02. The second-order valence-electron chi connectivity index (χ2n) is 2.73. The first-order chi connectivity index (χ1) is 6.09. The molecule has 1 N–H and O–H groups in total. The molecule has 1 atom stereocenters. The van der Waals surface area contributed by atoms with Crippen LogP contribution >= 0.6 is 27.5 Å². The van der Waals surface area contributed by atoms with Gasteiger partial charge in [0.15, 0.2) is 0 Å². The van der Waals surface area contributed by atoms with Crippen molar-refractivity contribution in [3.8, 4) is 5.75 Å². The fourth-order valence-electron chi connectivity index (χ4n) is 0.798. The second-order valence-corrected chi connectivity index (χ2v) is 4.06. The molecule has 1 unspecified atom stereocenters. The third kappa shape index (κ3) is 3.55. The molecule has 0 amide bonds. The highest BCUT2D eigenvalue weighted by Crippen LogP contribution is 2.27. The number of ether oxygens (including phenoxy) is 1. The lowest BCUT2D eigenvalue weighted by Gasteiger charge is -2.09. The van der Waals surface area contributed by atoms with Gasteiger partial charge in [-0.1, -0.05) is 27.5 Å². The summed E-state index contributed by atoms with van der Waals surface area (Å²) in [6.45, 7) is 1.90. The van der Waals surface area contributed by atoms with Crippen molar-refractivity contribution in [1.29, 1.82) is 0 Å². The molecule has 4 heteroatoms. The van der Waals surface area contributed by atoms with Crippen molar-refractivity contribution in [3.05, 3.63) is 27.7 Å². The van der Waals surface area contributed by atoms with Gasteiger partial charge in [-0.2, -0.15) is 0 Å². The molecule has 2 nitrogen and oxygen atoms in total. The number of hydrogen-bond donors (Lipinski definition) is 1. The van der Waals surface area contributed by atoms with E-state index in [-0.39, 0.29) is 6.61 Å². The van der Waals surface area contributed by atoms with Crippen molar-refractivity contribution in [1.82, 2.24) is 0 Å². The number of halogens is 2. The number of rotatable bonds is 3. The van der Waals surface area contributed by atoms with Gasteiger partial charge in [0.25, 0.3) is 0 Å². The lowest BCUT2D eigenvalue weighted by molar-refractivity contribution is 0.123. The number of aliphatic hydroxyl groups is 1. The van der Waals surface area contributed by atoms with Crippen LogP contribution in [0.25, 0.3) is 0 Å². The molecule has 1 rings (SSSR count). The minimum absolute atomic E-state index is 0.246. The third-order valence-corrected chi connectivity index (χ3v) is 2.18. The van der Waals surface area contributed by atoms with Gasteiger partial charge in [0.05, 0.1) is 11.1 Å². The molecular weight excluding hydrogens is 255 g/mol. The van der Waals surface area contributed by atoms with Crippen LogP contribution in [0.5, 0.6) is 5.75 Å². The van der Waals surface area contributed by atoms with Crippen LogP contribution in [-0.2, 0) is 0 Å². The number of hydrogen-bond acceptors (Lipinski definition) is 2. The van der Waals surface area contributed by atoms with Gasteiger partial charge in [0.1, 0.15) is 12.4 Å². The minimum Gasteiger partial charge on any atom is -0.489 e. The number of aliphatic hydroxyl groups excluding tert-OH is 1. The van der Waals surface area contributed by atoms with Crippen molar-refractivity contribution >= 4 is 27.5 Å². The molecule has 0 saturated heterocycles. The van der Waals surface area contributed by atoms with Crippen molar-refractivity contribution < 1.29 is 9.84 Å². The van der Waals surface area contributed by atoms with Gasteiger partial charge in [-0.25, -0.2) is 0 Å². The molecule has 1 aromatic rings. The summed E-state index contributed by atoms with van der Waals surface area (Å²) in [5.74, 6) is 0.581. The highest BCUT2D eigenvalue weighted by molar-refractivity contribution is 9.10. The van der Waals surface area contributed by atoms with E-state index in [1.807, 2.05) is 6.07 Å². The minimum atomic E-state index is -0.491. The lowest BCUT2D eigenvalue weighted by Crippen LogP contribution is -2.12. The quantitative estimate of drug-likeness (QED) is 0.911. The van der Waals surface area contributed by atoms with Crippen LogP contribution in [-0.4, -0.2) is 17.8 Å². The molecule has 0 aliphatic heterocycles. The summed E-state index contributed by atoms with van der Waals surface area (Å²) in [7, 11) is 0. The zero-order valence-corrected chi connectivity index (χ0v) is 9.47. The number of benzene rings is 1. The van der Waals surface area contributed by atoms with Crippen LogP contribution in [0, 0.1) is 0 Å². The normalized spacial score (nSPS) is 12.6. The van der Waals surface area contributed by atoms with Crippen molar-refractivity contribution in [2.24, 2.45) is 0 Å². The average molecular weight is 266 g/mol. The van der Waals surface area contributed by atoms with Gasteiger partial charge in [-0.15, -0.1) is 0 Å². The van der Waals surface area contributed by atoms with Crippen LogP contribution < -0.4 is 4.74 Å². The Balaban J connectivity index is 2.70. The Hall–Kier alpha value is -0.250. The zero-order chi connectivity index (χ0) is 9.84. The van der Waals surface area contributed by atoms with Gasteiger partial charge in [-0.05, 0) is 25.1 Å². The van der Waals surface area contributed by atoms with E-state index in [4.69, 9.17) is 21.4 Å². The van der Waals surface area contributed by atoms with Crippen LogP contribution in [0.1, 0.15) is 6.92 Å². The van der Waals surface area contributed by atoms with Crippen LogP contribution in [0.4, 0.5) is 0 Å². The fourth-order valence-corrected chi connectivity index (χ4v) is 1.31. The van der Waals surface area contributed by atoms with E-state index in [1.165, 1.54) is 0 Å². The molecule has 13 heavy (non-hydrogen) atoms. The van der Waals surface area contributed by atoms with E-state index < -0.39 is 6.10 Å². The Kier molecular flexibility index (Phi) is 4.03.